The van der Waals surface area contributed by atoms with Gasteiger partial charge in [-0.1, -0.05) is 6.42 Å². The molecule has 0 aromatic rings. The Bertz CT molecular complexity index is 355. The molecule has 0 rings (SSSR count). The van der Waals surface area contributed by atoms with Gasteiger partial charge in [0.2, 0.25) is 0 Å². The Balaban J connectivity index is -0.000000168. The van der Waals surface area contributed by atoms with Crippen molar-refractivity contribution >= 4 is 24.3 Å². The van der Waals surface area contributed by atoms with E-state index in [0.29, 0.717) is 13.0 Å². The summed E-state index contributed by atoms with van der Waals surface area (Å²) in [4.78, 5) is 20.2. The zero-order chi connectivity index (χ0) is 18.6. The van der Waals surface area contributed by atoms with Gasteiger partial charge in [-0.25, -0.2) is 4.79 Å². The Labute approximate surface area is 161 Å². The largest absolute Gasteiger partial charge is 0.480 e. The van der Waals surface area contributed by atoms with Crippen LogP contribution in [0.4, 0.5) is 0 Å². The molecule has 0 saturated carbocycles. The van der Waals surface area contributed by atoms with Gasteiger partial charge in [0.05, 0.1) is 6.61 Å². The average Bonchev–Trinajstić information content (AvgIpc) is 2.52. The molecular weight excluding hydrogens is 407 g/mol. The SMILES string of the molecule is Cl.NCCCCC(N)C(=O)O.O=C(O)[C@H](O)[C@@H](O)[C@H](O)[C@H](O)CO.[Fe]. The monoisotopic (exact) mass is 434 g/mol. The Hall–Kier alpha value is -0.531. The van der Waals surface area contributed by atoms with E-state index in [4.69, 9.17) is 47.2 Å². The summed E-state index contributed by atoms with van der Waals surface area (Å²) >= 11 is 0. The van der Waals surface area contributed by atoms with Crippen LogP contribution in [0.25, 0.3) is 0 Å². The van der Waals surface area contributed by atoms with Gasteiger partial charge in [-0.2, -0.15) is 0 Å². The van der Waals surface area contributed by atoms with Crippen LogP contribution in [0.2, 0.25) is 0 Å². The van der Waals surface area contributed by atoms with Crippen LogP contribution in [0.3, 0.4) is 0 Å². The van der Waals surface area contributed by atoms with Crippen molar-refractivity contribution in [2.24, 2.45) is 11.5 Å². The van der Waals surface area contributed by atoms with Crippen LogP contribution in [0.1, 0.15) is 19.3 Å². The van der Waals surface area contributed by atoms with Gasteiger partial charge in [0, 0.05) is 17.1 Å². The Morgan fingerprint density at radius 1 is 0.920 bits per heavy atom. The third-order valence-electron chi connectivity index (χ3n) is 2.79. The molecule has 5 atom stereocenters. The summed E-state index contributed by atoms with van der Waals surface area (Å²) in [5.74, 6) is -2.66. The molecule has 11 nitrogen and oxygen atoms in total. The van der Waals surface area contributed by atoms with Crippen molar-refractivity contribution in [1.82, 2.24) is 0 Å². The molecule has 0 aliphatic heterocycles. The van der Waals surface area contributed by atoms with Crippen LogP contribution in [-0.4, -0.2) is 91.3 Å². The van der Waals surface area contributed by atoms with Crippen molar-refractivity contribution in [3.8, 4) is 0 Å². The molecule has 154 valence electrons. The molecule has 0 aliphatic carbocycles. The number of hydrogen-bond acceptors (Lipinski definition) is 9. The molecule has 0 heterocycles. The maximum Gasteiger partial charge on any atom is 0.335 e. The molecule has 0 aliphatic rings. The second kappa shape index (κ2) is 18.3. The van der Waals surface area contributed by atoms with E-state index in [1.807, 2.05) is 0 Å². The molecule has 0 spiro atoms. The average molecular weight is 435 g/mol. The van der Waals surface area contributed by atoms with Crippen molar-refractivity contribution in [2.45, 2.75) is 49.7 Å². The standard InChI is InChI=1S/C6H14N2O2.C6H12O7.ClH.Fe/c7-4-2-1-3-5(8)6(9)10;7-1-2(8)3(9)4(10)5(11)6(12)13;;/h5H,1-4,7-8H2,(H,9,10);2-5,7-11H,1H2,(H,12,13);1H;/t;2-,3-,4+,5-;;/m.1../s1. The van der Waals surface area contributed by atoms with Crippen LogP contribution in [0, 0.1) is 0 Å². The van der Waals surface area contributed by atoms with E-state index >= 15 is 0 Å². The van der Waals surface area contributed by atoms with Crippen molar-refractivity contribution < 1.29 is 62.4 Å². The molecule has 0 radical (unpaired) electrons. The van der Waals surface area contributed by atoms with E-state index in [2.05, 4.69) is 0 Å². The minimum atomic E-state index is -2.20. The van der Waals surface area contributed by atoms with Crippen LogP contribution in [-0.2, 0) is 26.7 Å². The molecule has 0 saturated heterocycles. The van der Waals surface area contributed by atoms with Gasteiger partial charge < -0.3 is 47.2 Å². The van der Waals surface area contributed by atoms with Gasteiger partial charge in [-0.05, 0) is 19.4 Å². The number of carbonyl (C=O) groups is 2. The number of aliphatic hydroxyl groups is 5. The summed E-state index contributed by atoms with van der Waals surface area (Å²) in [5, 5.41) is 60.1. The van der Waals surface area contributed by atoms with Crippen LogP contribution in [0.15, 0.2) is 0 Å². The van der Waals surface area contributed by atoms with Crippen molar-refractivity contribution in [1.29, 1.82) is 0 Å². The van der Waals surface area contributed by atoms with E-state index in [1.165, 1.54) is 0 Å². The van der Waals surface area contributed by atoms with E-state index in [-0.39, 0.29) is 29.5 Å². The first-order chi connectivity index (χ1) is 10.6. The Kier molecular flexibility index (Phi) is 23.5. The second-order valence-electron chi connectivity index (χ2n) is 4.74. The maximum atomic E-state index is 10.1. The van der Waals surface area contributed by atoms with E-state index < -0.39 is 49.0 Å². The topological polar surface area (TPSA) is 228 Å². The van der Waals surface area contributed by atoms with Crippen molar-refractivity contribution in [3.63, 3.8) is 0 Å². The molecular formula is C12H27ClFeN2O9. The predicted octanol–water partition coefficient (Wildman–Crippen LogP) is -3.55. The van der Waals surface area contributed by atoms with Crippen LogP contribution < -0.4 is 11.5 Å². The molecule has 0 aromatic carbocycles. The summed E-state index contributed by atoms with van der Waals surface area (Å²) < 4.78 is 0. The van der Waals surface area contributed by atoms with Crippen molar-refractivity contribution in [2.75, 3.05) is 13.2 Å². The second-order valence-corrected chi connectivity index (χ2v) is 4.74. The summed E-state index contributed by atoms with van der Waals surface area (Å²) in [6, 6.07) is -0.716. The molecule has 0 aromatic heterocycles. The number of nitrogens with two attached hydrogens (primary N) is 2. The number of unbranched alkanes of at least 4 members (excludes halogenated alkanes) is 1. The number of carboxylic acid groups (broad SMARTS) is 2. The number of aliphatic carboxylic acids is 2. The summed E-state index contributed by atoms with van der Waals surface area (Å²) in [6.45, 7) is -0.239. The number of aliphatic hydroxyl groups excluding tert-OH is 5. The number of hydrogen-bond donors (Lipinski definition) is 9. The van der Waals surface area contributed by atoms with E-state index in [1.54, 1.807) is 0 Å². The fourth-order valence-corrected chi connectivity index (χ4v) is 1.30. The fourth-order valence-electron chi connectivity index (χ4n) is 1.30. The third-order valence-corrected chi connectivity index (χ3v) is 2.79. The first-order valence-electron chi connectivity index (χ1n) is 6.84. The predicted molar refractivity (Wildman–Crippen MR) is 84.5 cm³/mol. The van der Waals surface area contributed by atoms with E-state index in [9.17, 15) is 9.59 Å². The minimum absolute atomic E-state index is 0. The zero-order valence-electron chi connectivity index (χ0n) is 13.3. The Morgan fingerprint density at radius 2 is 1.40 bits per heavy atom. The summed E-state index contributed by atoms with van der Waals surface area (Å²) in [5.41, 5.74) is 10.4. The molecule has 0 fully saturated rings. The first-order valence-corrected chi connectivity index (χ1v) is 6.84. The normalized spacial score (nSPS) is 15.8. The summed E-state index contributed by atoms with van der Waals surface area (Å²) in [6.07, 6.45) is -5.67. The molecule has 11 N–H and O–H groups in total. The van der Waals surface area contributed by atoms with Crippen LogP contribution >= 0.6 is 12.4 Å². The number of halogens is 1. The minimum Gasteiger partial charge on any atom is -0.480 e. The molecule has 1 unspecified atom stereocenters. The number of carboxylic acids is 2. The molecule has 25 heavy (non-hydrogen) atoms. The van der Waals surface area contributed by atoms with Crippen molar-refractivity contribution in [3.05, 3.63) is 0 Å². The molecule has 0 amide bonds. The van der Waals surface area contributed by atoms with Gasteiger partial charge in [0.25, 0.3) is 0 Å². The van der Waals surface area contributed by atoms with Gasteiger partial charge in [0.15, 0.2) is 6.10 Å². The van der Waals surface area contributed by atoms with Gasteiger partial charge >= 0.3 is 11.9 Å². The zero-order valence-corrected chi connectivity index (χ0v) is 15.2. The maximum absolute atomic E-state index is 10.1. The van der Waals surface area contributed by atoms with E-state index in [0.717, 1.165) is 12.8 Å². The molecule has 0 bridgehead atoms. The van der Waals surface area contributed by atoms with Crippen LogP contribution in [0.5, 0.6) is 0 Å². The Morgan fingerprint density at radius 3 is 1.72 bits per heavy atom. The third kappa shape index (κ3) is 15.4. The molecule has 13 heteroatoms. The smallest absolute Gasteiger partial charge is 0.335 e. The van der Waals surface area contributed by atoms with Gasteiger partial charge in [-0.3, -0.25) is 4.79 Å². The summed E-state index contributed by atoms with van der Waals surface area (Å²) in [7, 11) is 0. The quantitative estimate of drug-likeness (QED) is 0.121. The fraction of sp³-hybridized carbons (Fsp3) is 0.833. The van der Waals surface area contributed by atoms with Gasteiger partial charge in [0.1, 0.15) is 24.4 Å². The number of rotatable bonds is 10. The van der Waals surface area contributed by atoms with Gasteiger partial charge in [-0.15, -0.1) is 12.4 Å². The first kappa shape index (κ1) is 32.2.